The van der Waals surface area contributed by atoms with Crippen LogP contribution in [0.4, 0.5) is 0 Å². The molecule has 0 aromatic heterocycles. The predicted octanol–water partition coefficient (Wildman–Crippen LogP) is 6.17. The first-order valence-electron chi connectivity index (χ1n) is 9.57. The summed E-state index contributed by atoms with van der Waals surface area (Å²) >= 11 is 5.94. The van der Waals surface area contributed by atoms with Crippen molar-refractivity contribution in [2.24, 2.45) is 0 Å². The second-order valence-corrected chi connectivity index (χ2v) is 7.08. The second-order valence-electron chi connectivity index (χ2n) is 6.64. The van der Waals surface area contributed by atoms with E-state index in [4.69, 9.17) is 21.1 Å². The third-order valence-electron chi connectivity index (χ3n) is 4.53. The van der Waals surface area contributed by atoms with Crippen molar-refractivity contribution in [3.63, 3.8) is 0 Å². The number of nitrogens with one attached hydrogen (secondary N) is 1. The molecule has 0 heterocycles. The molecule has 0 amide bonds. The van der Waals surface area contributed by atoms with Crippen LogP contribution in [-0.2, 0) is 13.2 Å². The molecule has 4 heteroatoms. The van der Waals surface area contributed by atoms with Crippen LogP contribution in [0.2, 0.25) is 5.02 Å². The molecule has 0 aliphatic carbocycles. The molecule has 28 heavy (non-hydrogen) atoms. The minimum absolute atomic E-state index is 0.276. The number of rotatable bonds is 9. The molecule has 3 nitrogen and oxygen atoms in total. The van der Waals surface area contributed by atoms with Crippen molar-refractivity contribution in [2.75, 3.05) is 6.61 Å². The van der Waals surface area contributed by atoms with Crippen molar-refractivity contribution < 1.29 is 9.47 Å². The summed E-state index contributed by atoms with van der Waals surface area (Å²) in [6, 6.07) is 24.5. The van der Waals surface area contributed by atoms with Crippen LogP contribution in [0, 0.1) is 0 Å². The van der Waals surface area contributed by atoms with Gasteiger partial charge < -0.3 is 14.8 Å². The van der Waals surface area contributed by atoms with Gasteiger partial charge in [0.25, 0.3) is 0 Å². The fourth-order valence-corrected chi connectivity index (χ4v) is 3.05. The summed E-state index contributed by atoms with van der Waals surface area (Å²) < 4.78 is 11.8. The second kappa shape index (κ2) is 10.2. The van der Waals surface area contributed by atoms with Crippen LogP contribution in [0.5, 0.6) is 11.5 Å². The summed E-state index contributed by atoms with van der Waals surface area (Å²) in [4.78, 5) is 0. The van der Waals surface area contributed by atoms with E-state index in [1.54, 1.807) is 0 Å². The highest BCUT2D eigenvalue weighted by Gasteiger charge is 2.09. The van der Waals surface area contributed by atoms with Gasteiger partial charge in [-0.3, -0.25) is 0 Å². The molecule has 0 aliphatic heterocycles. The minimum Gasteiger partial charge on any atom is -0.490 e. The Hall–Kier alpha value is -2.49. The molecule has 0 spiro atoms. The molecule has 3 aromatic rings. The van der Waals surface area contributed by atoms with Crippen LogP contribution < -0.4 is 14.8 Å². The average Bonchev–Trinajstić information content (AvgIpc) is 2.73. The van der Waals surface area contributed by atoms with Crippen LogP contribution in [-0.4, -0.2) is 6.61 Å². The Balaban J connectivity index is 1.63. The third kappa shape index (κ3) is 5.75. The normalized spacial score (nSPS) is 11.8. The number of halogens is 1. The van der Waals surface area contributed by atoms with Gasteiger partial charge in [-0.1, -0.05) is 60.1 Å². The van der Waals surface area contributed by atoms with Crippen molar-refractivity contribution in [3.8, 4) is 11.5 Å². The molecule has 3 rings (SSSR count). The first kappa shape index (κ1) is 20.2. The maximum Gasteiger partial charge on any atom is 0.161 e. The lowest BCUT2D eigenvalue weighted by Crippen LogP contribution is -2.18. The Morgan fingerprint density at radius 2 is 1.57 bits per heavy atom. The maximum atomic E-state index is 5.98. The van der Waals surface area contributed by atoms with Gasteiger partial charge in [0.1, 0.15) is 6.61 Å². The van der Waals surface area contributed by atoms with Gasteiger partial charge in [0, 0.05) is 17.6 Å². The van der Waals surface area contributed by atoms with E-state index in [-0.39, 0.29) is 6.04 Å². The maximum absolute atomic E-state index is 5.98. The molecule has 1 atom stereocenters. The fraction of sp³-hybridized carbons (Fsp3) is 0.250. The zero-order valence-electron chi connectivity index (χ0n) is 16.3. The molecular formula is C24H26ClNO2. The summed E-state index contributed by atoms with van der Waals surface area (Å²) in [6.45, 7) is 5.97. The van der Waals surface area contributed by atoms with E-state index < -0.39 is 0 Å². The quantitative estimate of drug-likeness (QED) is 0.470. The largest absolute Gasteiger partial charge is 0.490 e. The van der Waals surface area contributed by atoms with Gasteiger partial charge in [-0.05, 0) is 54.8 Å². The van der Waals surface area contributed by atoms with E-state index in [1.165, 1.54) is 5.56 Å². The van der Waals surface area contributed by atoms with Gasteiger partial charge in [-0.25, -0.2) is 0 Å². The zero-order valence-corrected chi connectivity index (χ0v) is 17.1. The molecule has 0 fully saturated rings. The molecule has 0 bridgehead atoms. The Morgan fingerprint density at radius 3 is 2.29 bits per heavy atom. The van der Waals surface area contributed by atoms with E-state index in [0.29, 0.717) is 13.2 Å². The van der Waals surface area contributed by atoms with E-state index in [9.17, 15) is 0 Å². The van der Waals surface area contributed by atoms with Gasteiger partial charge in [-0.15, -0.1) is 0 Å². The highest BCUT2D eigenvalue weighted by molar-refractivity contribution is 6.30. The van der Waals surface area contributed by atoms with Gasteiger partial charge in [0.15, 0.2) is 11.5 Å². The average molecular weight is 396 g/mol. The van der Waals surface area contributed by atoms with Crippen LogP contribution >= 0.6 is 11.6 Å². The smallest absolute Gasteiger partial charge is 0.161 e. The van der Waals surface area contributed by atoms with Crippen LogP contribution in [0.1, 0.15) is 36.6 Å². The van der Waals surface area contributed by atoms with Crippen molar-refractivity contribution in [1.82, 2.24) is 5.32 Å². The van der Waals surface area contributed by atoms with Gasteiger partial charge >= 0.3 is 0 Å². The molecule has 0 radical (unpaired) electrons. The lowest BCUT2D eigenvalue weighted by molar-refractivity contribution is 0.269. The fourth-order valence-electron chi connectivity index (χ4n) is 2.92. The highest BCUT2D eigenvalue weighted by Crippen LogP contribution is 2.29. The monoisotopic (exact) mass is 395 g/mol. The van der Waals surface area contributed by atoms with Gasteiger partial charge in [-0.2, -0.15) is 0 Å². The van der Waals surface area contributed by atoms with E-state index in [2.05, 4.69) is 42.6 Å². The first-order valence-corrected chi connectivity index (χ1v) is 9.95. The van der Waals surface area contributed by atoms with Crippen LogP contribution in [0.25, 0.3) is 0 Å². The predicted molar refractivity (Wildman–Crippen MR) is 115 cm³/mol. The van der Waals surface area contributed by atoms with Crippen molar-refractivity contribution >= 4 is 11.6 Å². The van der Waals surface area contributed by atoms with Crippen LogP contribution in [0.3, 0.4) is 0 Å². The Morgan fingerprint density at radius 1 is 0.857 bits per heavy atom. The number of hydrogen-bond donors (Lipinski definition) is 1. The number of ether oxygens (including phenoxy) is 2. The van der Waals surface area contributed by atoms with E-state index in [1.807, 2.05) is 49.4 Å². The van der Waals surface area contributed by atoms with Crippen molar-refractivity contribution in [3.05, 3.63) is 94.5 Å². The molecular weight excluding hydrogens is 370 g/mol. The zero-order chi connectivity index (χ0) is 19.8. The van der Waals surface area contributed by atoms with E-state index in [0.717, 1.165) is 34.2 Å². The summed E-state index contributed by atoms with van der Waals surface area (Å²) in [6.07, 6.45) is 0. The summed E-state index contributed by atoms with van der Waals surface area (Å²) in [5, 5.41) is 4.28. The Labute approximate surface area is 172 Å². The van der Waals surface area contributed by atoms with Gasteiger partial charge in [0.2, 0.25) is 0 Å². The molecule has 1 N–H and O–H groups in total. The lowest BCUT2D eigenvalue weighted by atomic mass is 10.1. The summed E-state index contributed by atoms with van der Waals surface area (Å²) in [7, 11) is 0. The molecule has 0 saturated heterocycles. The molecule has 0 unspecified atom stereocenters. The standard InChI is InChI=1S/C24H26ClNO2/c1-3-27-24-15-20(16-26-18(2)21-7-5-4-6-8-21)11-14-23(24)28-17-19-9-12-22(25)13-10-19/h4-15,18,26H,3,16-17H2,1-2H3/t18-/m0/s1. The minimum atomic E-state index is 0.276. The van der Waals surface area contributed by atoms with E-state index >= 15 is 0 Å². The van der Waals surface area contributed by atoms with Crippen molar-refractivity contribution in [2.45, 2.75) is 33.0 Å². The number of hydrogen-bond acceptors (Lipinski definition) is 3. The molecule has 3 aromatic carbocycles. The number of benzene rings is 3. The Bertz CT molecular complexity index is 866. The SMILES string of the molecule is CCOc1cc(CN[C@@H](C)c2ccccc2)ccc1OCc1ccc(Cl)cc1. The van der Waals surface area contributed by atoms with Crippen LogP contribution in [0.15, 0.2) is 72.8 Å². The molecule has 146 valence electrons. The topological polar surface area (TPSA) is 30.5 Å². The third-order valence-corrected chi connectivity index (χ3v) is 4.78. The summed E-state index contributed by atoms with van der Waals surface area (Å²) in [5.74, 6) is 1.51. The van der Waals surface area contributed by atoms with Gasteiger partial charge in [0.05, 0.1) is 6.61 Å². The Kier molecular flexibility index (Phi) is 7.35. The molecule has 0 aliphatic rings. The summed E-state index contributed by atoms with van der Waals surface area (Å²) in [5.41, 5.74) is 3.50. The lowest BCUT2D eigenvalue weighted by Gasteiger charge is -2.16. The van der Waals surface area contributed by atoms with Crippen molar-refractivity contribution in [1.29, 1.82) is 0 Å². The highest BCUT2D eigenvalue weighted by atomic mass is 35.5. The molecule has 0 saturated carbocycles. The first-order chi connectivity index (χ1) is 13.7.